The van der Waals surface area contributed by atoms with E-state index in [2.05, 4.69) is 20.8 Å². The summed E-state index contributed by atoms with van der Waals surface area (Å²) in [4.78, 5) is 0. The second kappa shape index (κ2) is 6.10. The Bertz CT molecular complexity index is 185. The molecule has 1 N–H and O–H groups in total. The standard InChI is InChI=1S/C13H26O/c1-6-7-8-9-10-13(4,5)11(2)12(3)14/h14H,6-10H2,1-5H3/b12-11+. The summed E-state index contributed by atoms with van der Waals surface area (Å²) in [6.45, 7) is 10.5. The van der Waals surface area contributed by atoms with Gasteiger partial charge in [-0.25, -0.2) is 0 Å². The zero-order chi connectivity index (χ0) is 11.2. The number of allylic oxidation sites excluding steroid dienone is 2. The fourth-order valence-electron chi connectivity index (χ4n) is 1.67. The van der Waals surface area contributed by atoms with Gasteiger partial charge in [0.05, 0.1) is 5.76 Å². The highest BCUT2D eigenvalue weighted by Crippen LogP contribution is 2.33. The van der Waals surface area contributed by atoms with Crippen LogP contribution in [0.4, 0.5) is 0 Å². The van der Waals surface area contributed by atoms with E-state index in [-0.39, 0.29) is 5.41 Å². The van der Waals surface area contributed by atoms with E-state index in [1.807, 2.05) is 6.92 Å². The van der Waals surface area contributed by atoms with Crippen molar-refractivity contribution < 1.29 is 5.11 Å². The Balaban J connectivity index is 4.02. The maximum atomic E-state index is 9.44. The second-order valence-corrected chi connectivity index (χ2v) is 4.90. The lowest BCUT2D eigenvalue weighted by molar-refractivity contribution is 0.338. The molecule has 0 amide bonds. The van der Waals surface area contributed by atoms with Crippen molar-refractivity contribution >= 4 is 0 Å². The molecule has 0 unspecified atom stereocenters. The van der Waals surface area contributed by atoms with Gasteiger partial charge in [-0.3, -0.25) is 0 Å². The van der Waals surface area contributed by atoms with E-state index in [1.165, 1.54) is 32.1 Å². The molecule has 0 aliphatic heterocycles. The van der Waals surface area contributed by atoms with Gasteiger partial charge in [-0.05, 0) is 31.3 Å². The monoisotopic (exact) mass is 198 g/mol. The number of aliphatic hydroxyl groups excluding tert-OH is 1. The number of unbranched alkanes of at least 4 members (excludes halogenated alkanes) is 3. The van der Waals surface area contributed by atoms with Crippen LogP contribution in [0.5, 0.6) is 0 Å². The molecule has 0 spiro atoms. The van der Waals surface area contributed by atoms with E-state index < -0.39 is 0 Å². The normalized spacial score (nSPS) is 14.1. The van der Waals surface area contributed by atoms with Crippen molar-refractivity contribution in [2.45, 2.75) is 66.7 Å². The zero-order valence-electron chi connectivity index (χ0n) is 10.5. The Kier molecular flexibility index (Phi) is 5.90. The number of aliphatic hydroxyl groups is 1. The molecule has 0 heterocycles. The van der Waals surface area contributed by atoms with Gasteiger partial charge in [0.25, 0.3) is 0 Å². The van der Waals surface area contributed by atoms with E-state index in [1.54, 1.807) is 6.92 Å². The molecule has 0 radical (unpaired) electrons. The van der Waals surface area contributed by atoms with Gasteiger partial charge in [-0.2, -0.15) is 0 Å². The second-order valence-electron chi connectivity index (χ2n) is 4.90. The SMILES string of the molecule is CCCCCCC(C)(C)/C(C)=C(\C)O. The number of hydrogen-bond acceptors (Lipinski definition) is 1. The van der Waals surface area contributed by atoms with Crippen LogP contribution in [0, 0.1) is 5.41 Å². The van der Waals surface area contributed by atoms with Crippen LogP contribution in [0.15, 0.2) is 11.3 Å². The Hall–Kier alpha value is -0.460. The smallest absolute Gasteiger partial charge is 0.0886 e. The zero-order valence-corrected chi connectivity index (χ0v) is 10.5. The molecule has 0 aliphatic rings. The Morgan fingerprint density at radius 1 is 1.07 bits per heavy atom. The predicted molar refractivity (Wildman–Crippen MR) is 63.5 cm³/mol. The minimum Gasteiger partial charge on any atom is -0.513 e. The van der Waals surface area contributed by atoms with Crippen LogP contribution in [-0.4, -0.2) is 5.11 Å². The van der Waals surface area contributed by atoms with E-state index in [4.69, 9.17) is 0 Å². The molecule has 0 bridgehead atoms. The molecule has 0 saturated heterocycles. The molecule has 0 atom stereocenters. The molecule has 0 fully saturated rings. The van der Waals surface area contributed by atoms with Crippen molar-refractivity contribution in [1.82, 2.24) is 0 Å². The van der Waals surface area contributed by atoms with Crippen molar-refractivity contribution in [2.75, 3.05) is 0 Å². The minimum atomic E-state index is 0.159. The topological polar surface area (TPSA) is 20.2 Å². The number of rotatable bonds is 6. The van der Waals surface area contributed by atoms with E-state index in [0.717, 1.165) is 5.57 Å². The highest BCUT2D eigenvalue weighted by atomic mass is 16.3. The molecule has 0 rings (SSSR count). The first-order valence-corrected chi connectivity index (χ1v) is 5.78. The fraction of sp³-hybridized carbons (Fsp3) is 0.846. The fourth-order valence-corrected chi connectivity index (χ4v) is 1.67. The summed E-state index contributed by atoms with van der Waals surface area (Å²) in [5, 5.41) is 9.44. The van der Waals surface area contributed by atoms with Gasteiger partial charge in [0.15, 0.2) is 0 Å². The lowest BCUT2D eigenvalue weighted by Crippen LogP contribution is -2.14. The minimum absolute atomic E-state index is 0.159. The number of hydrogen-bond donors (Lipinski definition) is 1. The average Bonchev–Trinajstić information content (AvgIpc) is 2.11. The quantitative estimate of drug-likeness (QED) is 0.478. The average molecular weight is 198 g/mol. The summed E-state index contributed by atoms with van der Waals surface area (Å²) in [5.74, 6) is 0.491. The van der Waals surface area contributed by atoms with Crippen LogP contribution in [0.3, 0.4) is 0 Å². The molecule has 0 aromatic rings. The van der Waals surface area contributed by atoms with Crippen LogP contribution in [-0.2, 0) is 0 Å². The van der Waals surface area contributed by atoms with Crippen molar-refractivity contribution in [3.8, 4) is 0 Å². The van der Waals surface area contributed by atoms with Gasteiger partial charge in [-0.15, -0.1) is 0 Å². The van der Waals surface area contributed by atoms with Crippen molar-refractivity contribution in [1.29, 1.82) is 0 Å². The van der Waals surface area contributed by atoms with Crippen LogP contribution in [0.25, 0.3) is 0 Å². The molecule has 0 aromatic heterocycles. The van der Waals surface area contributed by atoms with E-state index in [0.29, 0.717) is 5.76 Å². The first kappa shape index (κ1) is 13.5. The largest absolute Gasteiger partial charge is 0.513 e. The maximum absolute atomic E-state index is 9.44. The molecule has 14 heavy (non-hydrogen) atoms. The van der Waals surface area contributed by atoms with Crippen LogP contribution >= 0.6 is 0 Å². The Morgan fingerprint density at radius 2 is 1.64 bits per heavy atom. The Morgan fingerprint density at radius 3 is 2.07 bits per heavy atom. The molecular formula is C13H26O. The van der Waals surface area contributed by atoms with E-state index in [9.17, 15) is 5.11 Å². The van der Waals surface area contributed by atoms with Crippen LogP contribution in [0.1, 0.15) is 66.7 Å². The summed E-state index contributed by atoms with van der Waals surface area (Å²) in [6.07, 6.45) is 6.38. The van der Waals surface area contributed by atoms with Crippen LogP contribution < -0.4 is 0 Å². The van der Waals surface area contributed by atoms with Gasteiger partial charge < -0.3 is 5.11 Å². The summed E-state index contributed by atoms with van der Waals surface area (Å²) < 4.78 is 0. The lowest BCUT2D eigenvalue weighted by Gasteiger charge is -2.26. The van der Waals surface area contributed by atoms with Crippen molar-refractivity contribution in [3.63, 3.8) is 0 Å². The third-order valence-corrected chi connectivity index (χ3v) is 3.21. The first-order valence-electron chi connectivity index (χ1n) is 5.78. The first-order chi connectivity index (χ1) is 6.41. The maximum Gasteiger partial charge on any atom is 0.0886 e. The van der Waals surface area contributed by atoms with Crippen LogP contribution in [0.2, 0.25) is 0 Å². The molecule has 0 saturated carbocycles. The van der Waals surface area contributed by atoms with Gasteiger partial charge in [0.2, 0.25) is 0 Å². The molecule has 1 nitrogen and oxygen atoms in total. The van der Waals surface area contributed by atoms with Gasteiger partial charge in [0.1, 0.15) is 0 Å². The molecule has 0 aliphatic carbocycles. The Labute approximate surface area is 89.2 Å². The third kappa shape index (κ3) is 4.69. The predicted octanol–water partition coefficient (Wildman–Crippen LogP) is 4.83. The van der Waals surface area contributed by atoms with Gasteiger partial charge >= 0.3 is 0 Å². The van der Waals surface area contributed by atoms with Gasteiger partial charge in [-0.1, -0.05) is 46.5 Å². The molecule has 84 valence electrons. The van der Waals surface area contributed by atoms with Gasteiger partial charge in [0, 0.05) is 0 Å². The summed E-state index contributed by atoms with van der Waals surface area (Å²) in [7, 11) is 0. The summed E-state index contributed by atoms with van der Waals surface area (Å²) in [5.41, 5.74) is 1.29. The highest BCUT2D eigenvalue weighted by Gasteiger charge is 2.21. The molecular weight excluding hydrogens is 172 g/mol. The molecule has 1 heteroatoms. The summed E-state index contributed by atoms with van der Waals surface area (Å²) in [6, 6.07) is 0. The van der Waals surface area contributed by atoms with Crippen molar-refractivity contribution in [2.24, 2.45) is 5.41 Å². The van der Waals surface area contributed by atoms with Crippen molar-refractivity contribution in [3.05, 3.63) is 11.3 Å². The summed E-state index contributed by atoms with van der Waals surface area (Å²) >= 11 is 0. The lowest BCUT2D eigenvalue weighted by atomic mass is 9.79. The van der Waals surface area contributed by atoms with E-state index >= 15 is 0 Å². The molecule has 0 aromatic carbocycles. The third-order valence-electron chi connectivity index (χ3n) is 3.21. The highest BCUT2D eigenvalue weighted by molar-refractivity contribution is 5.11.